The normalized spacial score (nSPS) is 23.4. The van der Waals surface area contributed by atoms with E-state index in [0.717, 1.165) is 37.7 Å². The number of aliphatic hydroxyl groups is 1. The Balaban J connectivity index is 2.52. The van der Waals surface area contributed by atoms with E-state index in [4.69, 9.17) is 0 Å². The van der Waals surface area contributed by atoms with Gasteiger partial charge in [0, 0.05) is 17.5 Å². The summed E-state index contributed by atoms with van der Waals surface area (Å²) in [7, 11) is 0. The summed E-state index contributed by atoms with van der Waals surface area (Å²) in [6.07, 6.45) is 7.21. The molecule has 154 valence electrons. The zero-order valence-corrected chi connectivity index (χ0v) is 18.0. The summed E-state index contributed by atoms with van der Waals surface area (Å²) in [5, 5.41) is 14.0. The molecule has 28 heavy (non-hydrogen) atoms. The van der Waals surface area contributed by atoms with Crippen molar-refractivity contribution >= 4 is 11.6 Å². The average molecular weight is 386 g/mol. The number of carbonyl (C=O) groups is 2. The number of ketones is 2. The second kappa shape index (κ2) is 9.40. The molecule has 0 unspecified atom stereocenters. The highest BCUT2D eigenvalue weighted by Crippen LogP contribution is 2.41. The molecule has 0 heterocycles. The van der Waals surface area contributed by atoms with E-state index < -0.39 is 5.78 Å². The van der Waals surface area contributed by atoms with Gasteiger partial charge in [-0.2, -0.15) is 0 Å². The Bertz CT molecular complexity index is 752. The Kier molecular flexibility index (Phi) is 7.45. The van der Waals surface area contributed by atoms with Crippen LogP contribution >= 0.6 is 0 Å². The minimum absolute atomic E-state index is 0.0231. The van der Waals surface area contributed by atoms with Crippen LogP contribution in [-0.4, -0.2) is 22.7 Å². The van der Waals surface area contributed by atoms with Gasteiger partial charge in [-0.3, -0.25) is 9.59 Å². The summed E-state index contributed by atoms with van der Waals surface area (Å²) >= 11 is 0. The average Bonchev–Trinajstić information content (AvgIpc) is 2.62. The fraction of sp³-hybridized carbons (Fsp3) is 0.583. The van der Waals surface area contributed by atoms with Gasteiger partial charge in [0.05, 0.1) is 11.3 Å². The van der Waals surface area contributed by atoms with Crippen LogP contribution in [0.2, 0.25) is 0 Å². The van der Waals surface area contributed by atoms with Crippen molar-refractivity contribution in [3.05, 3.63) is 46.4 Å². The van der Waals surface area contributed by atoms with Gasteiger partial charge in [0.1, 0.15) is 0 Å². The van der Waals surface area contributed by atoms with E-state index in [9.17, 15) is 14.7 Å². The molecular weight excluding hydrogens is 350 g/mol. The minimum Gasteiger partial charge on any atom is -0.504 e. The summed E-state index contributed by atoms with van der Waals surface area (Å²) in [6.45, 7) is 14.1. The van der Waals surface area contributed by atoms with Gasteiger partial charge in [0.15, 0.2) is 5.76 Å². The molecule has 0 spiro atoms. The zero-order valence-electron chi connectivity index (χ0n) is 18.0. The smallest absolute Gasteiger partial charge is 0.225 e. The molecule has 4 heteroatoms. The fourth-order valence-electron chi connectivity index (χ4n) is 4.21. The SMILES string of the molecule is C=C(C)[C@@H]1CCC(C)=C[C@H]1C1=C(O)C(=O)C(CCCCC)=C(NC(C)C)C1=O. The summed E-state index contributed by atoms with van der Waals surface area (Å²) in [5.74, 6) is -1.25. The van der Waals surface area contributed by atoms with E-state index in [2.05, 4.69) is 18.8 Å². The van der Waals surface area contributed by atoms with Crippen molar-refractivity contribution in [3.63, 3.8) is 0 Å². The zero-order chi connectivity index (χ0) is 21.0. The maximum Gasteiger partial charge on any atom is 0.225 e. The second-order valence-corrected chi connectivity index (χ2v) is 8.56. The molecule has 0 aromatic heterocycles. The van der Waals surface area contributed by atoms with Crippen LogP contribution < -0.4 is 5.32 Å². The molecule has 0 aromatic carbocycles. The van der Waals surface area contributed by atoms with Crippen molar-refractivity contribution in [2.45, 2.75) is 79.2 Å². The van der Waals surface area contributed by atoms with Crippen LogP contribution in [0.25, 0.3) is 0 Å². The lowest BCUT2D eigenvalue weighted by atomic mass is 9.70. The minimum atomic E-state index is -0.397. The Morgan fingerprint density at radius 3 is 2.54 bits per heavy atom. The molecule has 2 atom stereocenters. The lowest BCUT2D eigenvalue weighted by Crippen LogP contribution is -2.38. The van der Waals surface area contributed by atoms with Crippen LogP contribution in [0.1, 0.15) is 73.1 Å². The molecule has 0 radical (unpaired) electrons. The molecule has 0 aliphatic heterocycles. The molecule has 0 saturated heterocycles. The molecule has 2 N–H and O–H groups in total. The Morgan fingerprint density at radius 1 is 1.29 bits per heavy atom. The van der Waals surface area contributed by atoms with Crippen molar-refractivity contribution in [2.24, 2.45) is 11.8 Å². The van der Waals surface area contributed by atoms with Gasteiger partial charge in [-0.25, -0.2) is 0 Å². The van der Waals surface area contributed by atoms with E-state index in [1.807, 2.05) is 33.8 Å². The van der Waals surface area contributed by atoms with Gasteiger partial charge >= 0.3 is 0 Å². The maximum absolute atomic E-state index is 13.5. The van der Waals surface area contributed by atoms with Crippen LogP contribution in [-0.2, 0) is 9.59 Å². The Labute approximate surface area is 169 Å². The largest absolute Gasteiger partial charge is 0.504 e. The van der Waals surface area contributed by atoms with Gasteiger partial charge in [0.2, 0.25) is 11.6 Å². The molecule has 0 amide bonds. The number of nitrogens with one attached hydrogen (secondary N) is 1. The molecule has 0 saturated carbocycles. The first-order valence-electron chi connectivity index (χ1n) is 10.5. The van der Waals surface area contributed by atoms with Crippen LogP contribution in [0.4, 0.5) is 0 Å². The van der Waals surface area contributed by atoms with Gasteiger partial charge < -0.3 is 10.4 Å². The lowest BCUT2D eigenvalue weighted by Gasteiger charge is -2.34. The van der Waals surface area contributed by atoms with Crippen molar-refractivity contribution in [1.82, 2.24) is 5.32 Å². The van der Waals surface area contributed by atoms with Crippen molar-refractivity contribution < 1.29 is 14.7 Å². The third-order valence-corrected chi connectivity index (χ3v) is 5.69. The molecule has 2 aliphatic rings. The number of allylic oxidation sites excluding steroid dienone is 5. The van der Waals surface area contributed by atoms with Crippen LogP contribution in [0.3, 0.4) is 0 Å². The van der Waals surface area contributed by atoms with E-state index in [1.54, 1.807) is 0 Å². The van der Waals surface area contributed by atoms with Crippen LogP contribution in [0, 0.1) is 11.8 Å². The molecule has 2 aliphatic carbocycles. The summed E-state index contributed by atoms with van der Waals surface area (Å²) in [5.41, 5.74) is 3.20. The maximum atomic E-state index is 13.5. The van der Waals surface area contributed by atoms with Crippen molar-refractivity contribution in [2.75, 3.05) is 0 Å². The first-order valence-corrected chi connectivity index (χ1v) is 10.5. The number of rotatable bonds is 8. The first kappa shape index (κ1) is 22.2. The number of hydrogen-bond donors (Lipinski definition) is 2. The first-order chi connectivity index (χ1) is 13.2. The quantitative estimate of drug-likeness (QED) is 0.337. The van der Waals surface area contributed by atoms with E-state index in [1.165, 1.54) is 5.57 Å². The summed E-state index contributed by atoms with van der Waals surface area (Å²) in [4.78, 5) is 26.6. The monoisotopic (exact) mass is 385 g/mol. The molecule has 0 bridgehead atoms. The van der Waals surface area contributed by atoms with Crippen LogP contribution in [0.15, 0.2) is 46.4 Å². The van der Waals surface area contributed by atoms with Crippen LogP contribution in [0.5, 0.6) is 0 Å². The third kappa shape index (κ3) is 4.65. The number of hydrogen-bond acceptors (Lipinski definition) is 4. The Hall–Kier alpha value is -2.10. The number of unbranched alkanes of at least 4 members (excludes halogenated alkanes) is 2. The summed E-state index contributed by atoms with van der Waals surface area (Å²) in [6, 6.07) is 0.0231. The highest BCUT2D eigenvalue weighted by Gasteiger charge is 2.41. The van der Waals surface area contributed by atoms with Crippen molar-refractivity contribution in [3.8, 4) is 0 Å². The lowest BCUT2D eigenvalue weighted by molar-refractivity contribution is -0.119. The highest BCUT2D eigenvalue weighted by molar-refractivity contribution is 6.24. The summed E-state index contributed by atoms with van der Waals surface area (Å²) < 4.78 is 0. The number of Topliss-reactive ketones (excluding diaryl/α,β-unsaturated/α-hetero) is 2. The van der Waals surface area contributed by atoms with Gasteiger partial charge in [-0.05, 0) is 59.3 Å². The van der Waals surface area contributed by atoms with E-state index in [-0.39, 0.29) is 35.0 Å². The van der Waals surface area contributed by atoms with E-state index >= 15 is 0 Å². The van der Waals surface area contributed by atoms with Gasteiger partial charge in [-0.15, -0.1) is 0 Å². The standard InChI is InChI=1S/C24H35NO3/c1-7-8-9-10-18-21(25-15(4)5)23(27)20(24(28)22(18)26)19-13-16(6)11-12-17(19)14(2)3/h13,15,17,19,25,28H,2,7-12H2,1,3-6H3/t17-,19+/m0/s1. The predicted octanol–water partition coefficient (Wildman–Crippen LogP) is 5.33. The molecule has 2 rings (SSSR count). The van der Waals surface area contributed by atoms with Crippen molar-refractivity contribution in [1.29, 1.82) is 0 Å². The molecular formula is C24H35NO3. The molecule has 0 fully saturated rings. The predicted molar refractivity (Wildman–Crippen MR) is 114 cm³/mol. The fourth-order valence-corrected chi connectivity index (χ4v) is 4.21. The molecule has 0 aromatic rings. The van der Waals surface area contributed by atoms with E-state index in [0.29, 0.717) is 17.7 Å². The molecule has 4 nitrogen and oxygen atoms in total. The topological polar surface area (TPSA) is 66.4 Å². The number of aliphatic hydroxyl groups excluding tert-OH is 1. The second-order valence-electron chi connectivity index (χ2n) is 8.56. The Morgan fingerprint density at radius 2 is 1.96 bits per heavy atom. The highest BCUT2D eigenvalue weighted by atomic mass is 16.3. The third-order valence-electron chi connectivity index (χ3n) is 5.69. The van der Waals surface area contributed by atoms with Gasteiger partial charge in [-0.1, -0.05) is 43.6 Å². The number of carbonyl (C=O) groups excluding carboxylic acids is 2. The van der Waals surface area contributed by atoms with Gasteiger partial charge in [0.25, 0.3) is 0 Å².